The number of aliphatic hydroxyl groups is 1. The van der Waals surface area contributed by atoms with Crippen LogP contribution in [0.15, 0.2) is 30.6 Å². The number of H-pyrrole nitrogens is 1. The molecule has 2 N–H and O–H groups in total. The van der Waals surface area contributed by atoms with Crippen LogP contribution >= 0.6 is 35.4 Å². The predicted molar refractivity (Wildman–Crippen MR) is 96.6 cm³/mol. The van der Waals surface area contributed by atoms with Gasteiger partial charge in [0, 0.05) is 5.02 Å². The molecule has 0 aliphatic rings. The number of hydrogen-bond donors (Lipinski definition) is 2. The molecule has 2 rings (SSSR count). The highest BCUT2D eigenvalue weighted by Gasteiger charge is 2.46. The van der Waals surface area contributed by atoms with E-state index in [0.29, 0.717) is 16.2 Å². The van der Waals surface area contributed by atoms with Crippen LogP contribution in [0.3, 0.4) is 0 Å². The Labute approximate surface area is 151 Å². The smallest absolute Gasteiger partial charge is 0.195 e. The van der Waals surface area contributed by atoms with Gasteiger partial charge in [0.05, 0.1) is 11.9 Å². The van der Waals surface area contributed by atoms with Crippen molar-refractivity contribution in [2.24, 2.45) is 5.41 Å². The topological polar surface area (TPSA) is 53.8 Å². The summed E-state index contributed by atoms with van der Waals surface area (Å²) in [4.78, 5) is 2.84. The van der Waals surface area contributed by atoms with Crippen LogP contribution in [0.1, 0.15) is 26.3 Å². The number of nitrogens with zero attached hydrogens (tertiary/aromatic N) is 2. The molecule has 4 nitrogen and oxygen atoms in total. The average Bonchev–Trinajstić information content (AvgIpc) is 2.85. The third-order valence-corrected chi connectivity index (χ3v) is 5.25. The quantitative estimate of drug-likeness (QED) is 0.609. The first kappa shape index (κ1) is 18.5. The van der Waals surface area contributed by atoms with Gasteiger partial charge in [-0.05, 0) is 41.7 Å². The van der Waals surface area contributed by atoms with Crippen LogP contribution in [0.25, 0.3) is 0 Å². The molecule has 1 aromatic heterocycles. The zero-order chi connectivity index (χ0) is 17.3. The van der Waals surface area contributed by atoms with Gasteiger partial charge in [-0.3, -0.25) is 0 Å². The maximum atomic E-state index is 11.3. The summed E-state index contributed by atoms with van der Waals surface area (Å²) in [6.45, 7) is 6.10. The zero-order valence-corrected chi connectivity index (χ0v) is 15.7. The highest BCUT2D eigenvalue weighted by Crippen LogP contribution is 2.38. The number of hydrogen-bond acceptors (Lipinski definition) is 3. The van der Waals surface area contributed by atoms with E-state index in [0.717, 1.165) is 5.56 Å². The van der Waals surface area contributed by atoms with Gasteiger partial charge in [0.15, 0.2) is 4.77 Å². The SMILES string of the molecule is CC(C)(C)C(O)(Cn1nc[nH]c1=S)C(Cl)Cc1ccc(Cl)cc1. The van der Waals surface area contributed by atoms with Crippen LogP contribution in [-0.2, 0) is 13.0 Å². The fraction of sp³-hybridized carbons (Fsp3) is 0.500. The molecule has 0 fully saturated rings. The minimum atomic E-state index is -1.19. The first-order chi connectivity index (χ1) is 10.6. The predicted octanol–water partition coefficient (Wildman–Crippen LogP) is 4.22. The van der Waals surface area contributed by atoms with E-state index < -0.39 is 16.4 Å². The molecule has 0 bridgehead atoms. The van der Waals surface area contributed by atoms with Crippen molar-refractivity contribution in [3.63, 3.8) is 0 Å². The Morgan fingerprint density at radius 1 is 1.30 bits per heavy atom. The number of aromatic nitrogens is 3. The Morgan fingerprint density at radius 3 is 2.39 bits per heavy atom. The Kier molecular flexibility index (Phi) is 5.56. The van der Waals surface area contributed by atoms with E-state index in [9.17, 15) is 5.11 Å². The number of halogens is 2. The normalized spacial score (nSPS) is 16.1. The molecule has 0 aliphatic heterocycles. The van der Waals surface area contributed by atoms with Crippen LogP contribution in [0.4, 0.5) is 0 Å². The second-order valence-corrected chi connectivity index (χ2v) is 8.07. The maximum Gasteiger partial charge on any atom is 0.195 e. The lowest BCUT2D eigenvalue weighted by Crippen LogP contribution is -2.54. The third kappa shape index (κ3) is 4.15. The summed E-state index contributed by atoms with van der Waals surface area (Å²) >= 11 is 17.7. The van der Waals surface area contributed by atoms with Crippen molar-refractivity contribution in [1.29, 1.82) is 0 Å². The highest BCUT2D eigenvalue weighted by molar-refractivity contribution is 7.71. The van der Waals surface area contributed by atoms with E-state index in [2.05, 4.69) is 10.1 Å². The summed E-state index contributed by atoms with van der Waals surface area (Å²) < 4.78 is 2.03. The summed E-state index contributed by atoms with van der Waals surface area (Å²) in [5, 5.41) is 15.6. The van der Waals surface area contributed by atoms with Crippen LogP contribution in [0.5, 0.6) is 0 Å². The molecule has 1 aromatic carbocycles. The number of nitrogens with one attached hydrogen (secondary N) is 1. The minimum Gasteiger partial charge on any atom is -0.386 e. The molecule has 0 saturated carbocycles. The largest absolute Gasteiger partial charge is 0.386 e. The fourth-order valence-electron chi connectivity index (χ4n) is 2.42. The summed E-state index contributed by atoms with van der Waals surface area (Å²) in [6.07, 6.45) is 2.03. The summed E-state index contributed by atoms with van der Waals surface area (Å²) in [7, 11) is 0. The van der Waals surface area contributed by atoms with E-state index in [1.54, 1.807) is 4.68 Å². The van der Waals surface area contributed by atoms with Crippen LogP contribution < -0.4 is 0 Å². The number of aromatic amines is 1. The van der Waals surface area contributed by atoms with Crippen molar-refractivity contribution in [2.75, 3.05) is 0 Å². The second-order valence-electron chi connectivity index (χ2n) is 6.72. The average molecular weight is 374 g/mol. The molecule has 2 aromatic rings. The minimum absolute atomic E-state index is 0.223. The Balaban J connectivity index is 2.28. The lowest BCUT2D eigenvalue weighted by atomic mass is 9.73. The highest BCUT2D eigenvalue weighted by atomic mass is 35.5. The van der Waals surface area contributed by atoms with Gasteiger partial charge in [-0.25, -0.2) is 4.68 Å². The standard InChI is InChI=1S/C16H21Cl2N3OS/c1-15(2,3)16(22,9-21-14(23)19-10-20-21)13(18)8-11-4-6-12(17)7-5-11/h4-7,10,13,22H,8-9H2,1-3H3,(H,19,20,23). The number of rotatable bonds is 5. The van der Waals surface area contributed by atoms with Gasteiger partial charge in [-0.15, -0.1) is 11.6 Å². The molecule has 7 heteroatoms. The molecule has 0 radical (unpaired) electrons. The molecule has 1 heterocycles. The van der Waals surface area contributed by atoms with Gasteiger partial charge in [0.25, 0.3) is 0 Å². The van der Waals surface area contributed by atoms with Gasteiger partial charge >= 0.3 is 0 Å². The van der Waals surface area contributed by atoms with Crippen molar-refractivity contribution in [1.82, 2.24) is 14.8 Å². The van der Waals surface area contributed by atoms with Crippen molar-refractivity contribution in [3.05, 3.63) is 45.9 Å². The molecular weight excluding hydrogens is 353 g/mol. The second kappa shape index (κ2) is 6.93. The van der Waals surface area contributed by atoms with Crippen LogP contribution in [0, 0.1) is 10.2 Å². The zero-order valence-electron chi connectivity index (χ0n) is 13.4. The van der Waals surface area contributed by atoms with Crippen molar-refractivity contribution < 1.29 is 5.11 Å². The van der Waals surface area contributed by atoms with Crippen LogP contribution in [0.2, 0.25) is 5.02 Å². The van der Waals surface area contributed by atoms with Gasteiger partial charge in [0.1, 0.15) is 11.9 Å². The molecule has 0 spiro atoms. The summed E-state index contributed by atoms with van der Waals surface area (Å²) in [6, 6.07) is 7.48. The monoisotopic (exact) mass is 373 g/mol. The van der Waals surface area contributed by atoms with E-state index in [1.165, 1.54) is 6.33 Å². The summed E-state index contributed by atoms with van der Waals surface area (Å²) in [5.74, 6) is 0. The van der Waals surface area contributed by atoms with Crippen LogP contribution in [-0.4, -0.2) is 30.8 Å². The van der Waals surface area contributed by atoms with Gasteiger partial charge in [-0.2, -0.15) is 5.10 Å². The van der Waals surface area contributed by atoms with Gasteiger partial charge in [0.2, 0.25) is 0 Å². The van der Waals surface area contributed by atoms with E-state index >= 15 is 0 Å². The molecule has 0 amide bonds. The molecule has 0 saturated heterocycles. The summed E-state index contributed by atoms with van der Waals surface area (Å²) in [5.41, 5.74) is -0.635. The lowest BCUT2D eigenvalue weighted by molar-refractivity contribution is -0.0764. The van der Waals surface area contributed by atoms with Crippen molar-refractivity contribution in [2.45, 2.75) is 44.7 Å². The molecule has 0 aliphatic carbocycles. The maximum absolute atomic E-state index is 11.3. The van der Waals surface area contributed by atoms with E-state index in [1.807, 2.05) is 45.0 Å². The number of alkyl halides is 1. The molecule has 2 atom stereocenters. The first-order valence-corrected chi connectivity index (χ1v) is 8.57. The van der Waals surface area contributed by atoms with Gasteiger partial charge in [-0.1, -0.05) is 44.5 Å². The molecular formula is C16H21Cl2N3OS. The number of benzene rings is 1. The van der Waals surface area contributed by atoms with Gasteiger partial charge < -0.3 is 10.1 Å². The fourth-order valence-corrected chi connectivity index (χ4v) is 3.29. The molecule has 126 valence electrons. The first-order valence-electron chi connectivity index (χ1n) is 7.35. The molecule has 23 heavy (non-hydrogen) atoms. The Hall–Kier alpha value is -0.880. The Morgan fingerprint density at radius 2 is 1.91 bits per heavy atom. The Bertz CT molecular complexity index is 705. The molecule has 2 unspecified atom stereocenters. The van der Waals surface area contributed by atoms with E-state index in [-0.39, 0.29) is 6.54 Å². The van der Waals surface area contributed by atoms with Crippen molar-refractivity contribution in [3.8, 4) is 0 Å². The lowest BCUT2D eigenvalue weighted by Gasteiger charge is -2.43. The third-order valence-electron chi connectivity index (χ3n) is 4.16. The van der Waals surface area contributed by atoms with E-state index in [4.69, 9.17) is 35.4 Å². The van der Waals surface area contributed by atoms with Crippen molar-refractivity contribution >= 4 is 35.4 Å².